The summed E-state index contributed by atoms with van der Waals surface area (Å²) >= 11 is 0. The Hall–Kier alpha value is -1.02. The van der Waals surface area contributed by atoms with Crippen LogP contribution in [-0.2, 0) is 0 Å². The normalized spacial score (nSPS) is 25.4. The highest BCUT2D eigenvalue weighted by Crippen LogP contribution is 2.31. The second-order valence-corrected chi connectivity index (χ2v) is 5.89. The van der Waals surface area contributed by atoms with Gasteiger partial charge in [-0.2, -0.15) is 0 Å². The fraction of sp³-hybridized carbons (Fsp3) is 0.600. The van der Waals surface area contributed by atoms with Gasteiger partial charge in [-0.05, 0) is 37.3 Å². The molecule has 1 saturated heterocycles. The average molecular weight is 232 g/mol. The molecule has 1 heterocycles. The van der Waals surface area contributed by atoms with Crippen molar-refractivity contribution in [2.45, 2.75) is 45.1 Å². The van der Waals surface area contributed by atoms with Gasteiger partial charge in [-0.3, -0.25) is 0 Å². The molecule has 0 aliphatic carbocycles. The summed E-state index contributed by atoms with van der Waals surface area (Å²) < 4.78 is 0. The van der Waals surface area contributed by atoms with Crippen molar-refractivity contribution in [3.63, 3.8) is 0 Å². The van der Waals surface area contributed by atoms with Crippen LogP contribution in [0.1, 0.15) is 45.1 Å². The molecular formula is C15H24N2. The Morgan fingerprint density at radius 2 is 2.00 bits per heavy atom. The van der Waals surface area contributed by atoms with Gasteiger partial charge in [0, 0.05) is 24.3 Å². The molecule has 0 amide bonds. The molecule has 1 fully saturated rings. The van der Waals surface area contributed by atoms with Gasteiger partial charge in [-0.25, -0.2) is 0 Å². The maximum absolute atomic E-state index is 6.29. The molecule has 1 aromatic carbocycles. The van der Waals surface area contributed by atoms with Gasteiger partial charge >= 0.3 is 0 Å². The van der Waals surface area contributed by atoms with Crippen LogP contribution in [0, 0.1) is 0 Å². The second-order valence-electron chi connectivity index (χ2n) is 5.89. The van der Waals surface area contributed by atoms with Crippen LogP contribution in [-0.4, -0.2) is 18.6 Å². The zero-order chi connectivity index (χ0) is 12.5. The summed E-state index contributed by atoms with van der Waals surface area (Å²) in [5, 5.41) is 0. The summed E-state index contributed by atoms with van der Waals surface area (Å²) in [4.78, 5) is 2.46. The van der Waals surface area contributed by atoms with E-state index in [0.29, 0.717) is 5.92 Å². The maximum atomic E-state index is 6.29. The van der Waals surface area contributed by atoms with Crippen molar-refractivity contribution >= 4 is 5.69 Å². The lowest BCUT2D eigenvalue weighted by atomic mass is 9.91. The largest absolute Gasteiger partial charge is 0.369 e. The van der Waals surface area contributed by atoms with E-state index in [9.17, 15) is 0 Å². The van der Waals surface area contributed by atoms with Crippen molar-refractivity contribution in [2.75, 3.05) is 18.0 Å². The number of benzene rings is 1. The van der Waals surface area contributed by atoms with Crippen molar-refractivity contribution in [3.8, 4) is 0 Å². The van der Waals surface area contributed by atoms with Crippen LogP contribution >= 0.6 is 0 Å². The van der Waals surface area contributed by atoms with Gasteiger partial charge in [0.25, 0.3) is 0 Å². The van der Waals surface area contributed by atoms with Crippen LogP contribution in [0.15, 0.2) is 24.3 Å². The van der Waals surface area contributed by atoms with E-state index in [4.69, 9.17) is 5.73 Å². The number of piperidine rings is 1. The summed E-state index contributed by atoms with van der Waals surface area (Å²) in [5.74, 6) is 0.567. The SMILES string of the molecule is CC(C)c1ccccc1N1CCCC(C)(N)C1. The number of nitrogens with zero attached hydrogens (tertiary/aromatic N) is 1. The zero-order valence-electron chi connectivity index (χ0n) is 11.2. The molecule has 0 bridgehead atoms. The molecule has 1 aromatic rings. The molecule has 2 rings (SSSR count). The van der Waals surface area contributed by atoms with Gasteiger partial charge < -0.3 is 10.6 Å². The number of hydrogen-bond acceptors (Lipinski definition) is 2. The molecule has 1 unspecified atom stereocenters. The topological polar surface area (TPSA) is 29.3 Å². The smallest absolute Gasteiger partial charge is 0.0402 e. The summed E-state index contributed by atoms with van der Waals surface area (Å²) in [5.41, 5.74) is 9.06. The first-order valence-corrected chi connectivity index (χ1v) is 6.62. The monoisotopic (exact) mass is 232 g/mol. The number of nitrogens with two attached hydrogens (primary N) is 1. The van der Waals surface area contributed by atoms with Crippen LogP contribution in [0.3, 0.4) is 0 Å². The quantitative estimate of drug-likeness (QED) is 0.849. The van der Waals surface area contributed by atoms with Crippen molar-refractivity contribution in [3.05, 3.63) is 29.8 Å². The molecule has 2 N–H and O–H groups in total. The highest BCUT2D eigenvalue weighted by atomic mass is 15.2. The first-order chi connectivity index (χ1) is 7.99. The second kappa shape index (κ2) is 4.69. The highest BCUT2D eigenvalue weighted by molar-refractivity contribution is 5.55. The summed E-state index contributed by atoms with van der Waals surface area (Å²) in [6.45, 7) is 8.78. The van der Waals surface area contributed by atoms with Gasteiger partial charge in [0.15, 0.2) is 0 Å². The van der Waals surface area contributed by atoms with Gasteiger partial charge in [0.1, 0.15) is 0 Å². The molecular weight excluding hydrogens is 208 g/mol. The first-order valence-electron chi connectivity index (χ1n) is 6.62. The molecule has 2 heteroatoms. The van der Waals surface area contributed by atoms with Crippen LogP contribution in [0.25, 0.3) is 0 Å². The zero-order valence-corrected chi connectivity index (χ0v) is 11.2. The summed E-state index contributed by atoms with van der Waals surface area (Å²) in [6.07, 6.45) is 2.33. The Labute approximate surface area is 105 Å². The molecule has 94 valence electrons. The van der Waals surface area contributed by atoms with Gasteiger partial charge in [-0.15, -0.1) is 0 Å². The molecule has 17 heavy (non-hydrogen) atoms. The first kappa shape index (κ1) is 12.4. The van der Waals surface area contributed by atoms with Gasteiger partial charge in [-0.1, -0.05) is 32.0 Å². The highest BCUT2D eigenvalue weighted by Gasteiger charge is 2.28. The summed E-state index contributed by atoms with van der Waals surface area (Å²) in [7, 11) is 0. The molecule has 0 saturated carbocycles. The number of para-hydroxylation sites is 1. The van der Waals surface area contributed by atoms with Crippen molar-refractivity contribution in [1.82, 2.24) is 0 Å². The Bertz CT molecular complexity index is 382. The molecule has 1 aliphatic rings. The van der Waals surface area contributed by atoms with Crippen LogP contribution in [0.5, 0.6) is 0 Å². The fourth-order valence-electron chi connectivity index (χ4n) is 2.74. The Balaban J connectivity index is 2.27. The van der Waals surface area contributed by atoms with E-state index in [-0.39, 0.29) is 5.54 Å². The Kier molecular flexibility index (Phi) is 3.43. The van der Waals surface area contributed by atoms with E-state index in [0.717, 1.165) is 19.5 Å². The third-order valence-electron chi connectivity index (χ3n) is 3.63. The Morgan fingerprint density at radius 1 is 1.29 bits per heavy atom. The molecule has 0 radical (unpaired) electrons. The van der Waals surface area contributed by atoms with Crippen molar-refractivity contribution < 1.29 is 0 Å². The van der Waals surface area contributed by atoms with E-state index in [1.54, 1.807) is 0 Å². The predicted molar refractivity (Wildman–Crippen MR) is 74.6 cm³/mol. The fourth-order valence-corrected chi connectivity index (χ4v) is 2.74. The third-order valence-corrected chi connectivity index (χ3v) is 3.63. The van der Waals surface area contributed by atoms with Gasteiger partial charge in [0.05, 0.1) is 0 Å². The molecule has 1 aliphatic heterocycles. The third kappa shape index (κ3) is 2.81. The minimum atomic E-state index is -0.0393. The minimum absolute atomic E-state index is 0.0393. The van der Waals surface area contributed by atoms with E-state index < -0.39 is 0 Å². The summed E-state index contributed by atoms with van der Waals surface area (Å²) in [6, 6.07) is 8.73. The lowest BCUT2D eigenvalue weighted by Crippen LogP contribution is -2.52. The Morgan fingerprint density at radius 3 is 2.65 bits per heavy atom. The van der Waals surface area contributed by atoms with E-state index >= 15 is 0 Å². The van der Waals surface area contributed by atoms with Crippen molar-refractivity contribution in [1.29, 1.82) is 0 Å². The number of rotatable bonds is 2. The van der Waals surface area contributed by atoms with E-state index in [1.807, 2.05) is 0 Å². The predicted octanol–water partition coefficient (Wildman–Crippen LogP) is 3.13. The van der Waals surface area contributed by atoms with E-state index in [2.05, 4.69) is 49.9 Å². The average Bonchev–Trinajstić information content (AvgIpc) is 2.27. The lowest BCUT2D eigenvalue weighted by molar-refractivity contribution is 0.374. The molecule has 0 spiro atoms. The van der Waals surface area contributed by atoms with E-state index in [1.165, 1.54) is 17.7 Å². The lowest BCUT2D eigenvalue weighted by Gasteiger charge is -2.40. The standard InChI is InChI=1S/C15H24N2/c1-12(2)13-7-4-5-8-14(13)17-10-6-9-15(3,16)11-17/h4-5,7-8,12H,6,9-11,16H2,1-3H3. The molecule has 1 atom stereocenters. The van der Waals surface area contributed by atoms with Crippen LogP contribution in [0.2, 0.25) is 0 Å². The maximum Gasteiger partial charge on any atom is 0.0402 e. The van der Waals surface area contributed by atoms with Crippen molar-refractivity contribution in [2.24, 2.45) is 5.73 Å². The van der Waals surface area contributed by atoms with Crippen LogP contribution in [0.4, 0.5) is 5.69 Å². The minimum Gasteiger partial charge on any atom is -0.369 e. The van der Waals surface area contributed by atoms with Crippen LogP contribution < -0.4 is 10.6 Å². The number of hydrogen-bond donors (Lipinski definition) is 1. The molecule has 2 nitrogen and oxygen atoms in total. The number of anilines is 1. The molecule has 0 aromatic heterocycles. The van der Waals surface area contributed by atoms with Gasteiger partial charge in [0.2, 0.25) is 0 Å².